The van der Waals surface area contributed by atoms with Crippen molar-refractivity contribution in [3.8, 4) is 0 Å². The van der Waals surface area contributed by atoms with E-state index in [0.29, 0.717) is 0 Å². The zero-order chi connectivity index (χ0) is 23.5. The van der Waals surface area contributed by atoms with Crippen molar-refractivity contribution in [1.82, 2.24) is 9.97 Å². The summed E-state index contributed by atoms with van der Waals surface area (Å²) in [5.74, 6) is 0. The van der Waals surface area contributed by atoms with Gasteiger partial charge in [-0.25, -0.2) is 9.97 Å². The molecule has 0 amide bonds. The Hall–Kier alpha value is -3.78. The Morgan fingerprint density at radius 3 is 1.34 bits per heavy atom. The summed E-state index contributed by atoms with van der Waals surface area (Å²) >= 11 is 0. The lowest BCUT2D eigenvalue weighted by atomic mass is 9.98. The van der Waals surface area contributed by atoms with E-state index < -0.39 is 0 Å². The highest BCUT2D eigenvalue weighted by atomic mass is 14.7. The second kappa shape index (κ2) is 9.84. The molecule has 0 saturated carbocycles. The number of unbranched alkanes of at least 4 members (excludes halogenated alkanes) is 4. The molecule has 0 aliphatic carbocycles. The summed E-state index contributed by atoms with van der Waals surface area (Å²) in [4.78, 5) is 9.74. The van der Waals surface area contributed by atoms with Crippen molar-refractivity contribution >= 4 is 43.6 Å². The zero-order valence-electron chi connectivity index (χ0n) is 20.1. The Balaban J connectivity index is 1.04. The first-order valence-electron chi connectivity index (χ1n) is 12.9. The fraction of sp³-hybridized carbons (Fsp3) is 0.212. The van der Waals surface area contributed by atoms with Crippen molar-refractivity contribution < 1.29 is 0 Å². The van der Waals surface area contributed by atoms with Crippen LogP contribution >= 0.6 is 0 Å². The molecule has 35 heavy (non-hydrogen) atoms. The third-order valence-electron chi connectivity index (χ3n) is 7.19. The van der Waals surface area contributed by atoms with Crippen LogP contribution in [0.25, 0.3) is 43.6 Å². The SMILES string of the molecule is c1ccc2nc3cccc(CCCCCCCc4cccc5nc6ccccc6cc45)c3cc2c1. The van der Waals surface area contributed by atoms with Crippen LogP contribution in [0.15, 0.2) is 97.1 Å². The molecule has 0 N–H and O–H groups in total. The fourth-order valence-electron chi connectivity index (χ4n) is 5.32. The number of nitrogens with zero attached hydrogens (tertiary/aromatic N) is 2. The van der Waals surface area contributed by atoms with Crippen molar-refractivity contribution in [2.75, 3.05) is 0 Å². The van der Waals surface area contributed by atoms with Crippen LogP contribution in [0.1, 0.15) is 43.2 Å². The van der Waals surface area contributed by atoms with Crippen LogP contribution in [0.5, 0.6) is 0 Å². The van der Waals surface area contributed by atoms with Crippen LogP contribution in [0, 0.1) is 0 Å². The Bertz CT molecular complexity index is 1510. The lowest BCUT2D eigenvalue weighted by Crippen LogP contribution is -1.92. The lowest BCUT2D eigenvalue weighted by Gasteiger charge is -2.09. The molecule has 0 unspecified atom stereocenters. The number of aromatic nitrogens is 2. The normalized spacial score (nSPS) is 11.7. The summed E-state index contributed by atoms with van der Waals surface area (Å²) in [7, 11) is 0. The highest BCUT2D eigenvalue weighted by Crippen LogP contribution is 2.26. The highest BCUT2D eigenvalue weighted by molar-refractivity contribution is 5.95. The molecule has 0 bridgehead atoms. The van der Waals surface area contributed by atoms with Gasteiger partial charge in [-0.1, -0.05) is 79.9 Å². The monoisotopic (exact) mass is 454 g/mol. The molecule has 172 valence electrons. The largest absolute Gasteiger partial charge is 0.248 e. The molecule has 2 nitrogen and oxygen atoms in total. The van der Waals surface area contributed by atoms with Crippen molar-refractivity contribution in [3.63, 3.8) is 0 Å². The standard InChI is InChI=1S/C33H30N2/c1(2-4-12-24-16-10-20-32-28(24)22-26-14-6-8-18-30(26)34-32)3-5-13-25-17-11-21-33-29(25)23-27-15-7-9-19-31(27)35-33/h6-11,14-23H,1-5,12-13H2. The molecular weight excluding hydrogens is 424 g/mol. The molecule has 2 heteroatoms. The Morgan fingerprint density at radius 2 is 0.829 bits per heavy atom. The minimum atomic E-state index is 1.08. The van der Waals surface area contributed by atoms with Crippen LogP contribution in [0.4, 0.5) is 0 Å². The van der Waals surface area contributed by atoms with Gasteiger partial charge in [0.1, 0.15) is 0 Å². The lowest BCUT2D eigenvalue weighted by molar-refractivity contribution is 0.615. The van der Waals surface area contributed by atoms with Gasteiger partial charge in [-0.2, -0.15) is 0 Å². The molecule has 2 heterocycles. The average Bonchev–Trinajstić information content (AvgIpc) is 2.90. The predicted octanol–water partition coefficient (Wildman–Crippen LogP) is 8.83. The third-order valence-corrected chi connectivity index (χ3v) is 7.19. The summed E-state index contributed by atoms with van der Waals surface area (Å²) in [6.07, 6.45) is 8.56. The first-order valence-corrected chi connectivity index (χ1v) is 12.9. The molecule has 4 aromatic carbocycles. The van der Waals surface area contributed by atoms with Crippen LogP contribution in [-0.2, 0) is 12.8 Å². The molecule has 0 aliphatic rings. The van der Waals surface area contributed by atoms with Gasteiger partial charge in [-0.3, -0.25) is 0 Å². The Morgan fingerprint density at radius 1 is 0.400 bits per heavy atom. The van der Waals surface area contributed by atoms with Gasteiger partial charge in [0, 0.05) is 21.5 Å². The van der Waals surface area contributed by atoms with Crippen LogP contribution in [0.2, 0.25) is 0 Å². The quantitative estimate of drug-likeness (QED) is 0.170. The number of rotatable bonds is 8. The zero-order valence-corrected chi connectivity index (χ0v) is 20.1. The summed E-state index contributed by atoms with van der Waals surface area (Å²) in [6.45, 7) is 0. The topological polar surface area (TPSA) is 25.8 Å². The van der Waals surface area contributed by atoms with Gasteiger partial charge in [-0.05, 0) is 73.2 Å². The summed E-state index contributed by atoms with van der Waals surface area (Å²) in [5, 5.41) is 5.07. The summed E-state index contributed by atoms with van der Waals surface area (Å²) in [5.41, 5.74) is 7.23. The second-order valence-corrected chi connectivity index (χ2v) is 9.60. The number of benzene rings is 4. The molecule has 0 atom stereocenters. The van der Waals surface area contributed by atoms with E-state index in [-0.39, 0.29) is 0 Å². The fourth-order valence-corrected chi connectivity index (χ4v) is 5.32. The Labute approximate surface area is 206 Å². The smallest absolute Gasteiger partial charge is 0.0712 e. The van der Waals surface area contributed by atoms with E-state index in [0.717, 1.165) is 34.9 Å². The molecule has 6 rings (SSSR count). The molecule has 0 spiro atoms. The highest BCUT2D eigenvalue weighted by Gasteiger charge is 2.06. The molecule has 2 aromatic heterocycles. The molecule has 0 saturated heterocycles. The van der Waals surface area contributed by atoms with E-state index in [1.165, 1.54) is 64.8 Å². The minimum absolute atomic E-state index is 1.08. The molecule has 0 fully saturated rings. The number of hydrogen-bond donors (Lipinski definition) is 0. The van der Waals surface area contributed by atoms with E-state index in [1.54, 1.807) is 0 Å². The van der Waals surface area contributed by atoms with Crippen molar-refractivity contribution in [2.45, 2.75) is 44.9 Å². The van der Waals surface area contributed by atoms with Gasteiger partial charge < -0.3 is 0 Å². The van der Waals surface area contributed by atoms with Crippen LogP contribution in [-0.4, -0.2) is 9.97 Å². The molecule has 6 aromatic rings. The maximum absolute atomic E-state index is 4.87. The maximum atomic E-state index is 4.87. The van der Waals surface area contributed by atoms with Crippen LogP contribution in [0.3, 0.4) is 0 Å². The van der Waals surface area contributed by atoms with E-state index in [9.17, 15) is 0 Å². The minimum Gasteiger partial charge on any atom is -0.248 e. The summed E-state index contributed by atoms with van der Waals surface area (Å²) in [6, 6.07) is 34.6. The number of fused-ring (bicyclic) bond motifs is 4. The van der Waals surface area contributed by atoms with Crippen molar-refractivity contribution in [2.24, 2.45) is 0 Å². The number of hydrogen-bond acceptors (Lipinski definition) is 2. The number of aryl methyl sites for hydroxylation is 2. The second-order valence-electron chi connectivity index (χ2n) is 9.60. The van der Waals surface area contributed by atoms with Gasteiger partial charge in [0.2, 0.25) is 0 Å². The molecule has 0 aliphatic heterocycles. The van der Waals surface area contributed by atoms with Gasteiger partial charge in [0.05, 0.1) is 22.1 Å². The first-order chi connectivity index (χ1) is 17.3. The average molecular weight is 455 g/mol. The van der Waals surface area contributed by atoms with Crippen LogP contribution < -0.4 is 0 Å². The van der Waals surface area contributed by atoms with E-state index in [2.05, 4.69) is 97.1 Å². The third kappa shape index (κ3) is 4.61. The number of para-hydroxylation sites is 2. The molecule has 0 radical (unpaired) electrons. The van der Waals surface area contributed by atoms with Crippen molar-refractivity contribution in [1.29, 1.82) is 0 Å². The van der Waals surface area contributed by atoms with Gasteiger partial charge in [0.25, 0.3) is 0 Å². The first kappa shape index (κ1) is 21.7. The predicted molar refractivity (Wildman–Crippen MR) is 149 cm³/mol. The maximum Gasteiger partial charge on any atom is 0.0712 e. The van der Waals surface area contributed by atoms with E-state index in [1.807, 2.05) is 0 Å². The number of pyridine rings is 2. The summed E-state index contributed by atoms with van der Waals surface area (Å²) < 4.78 is 0. The van der Waals surface area contributed by atoms with Gasteiger partial charge >= 0.3 is 0 Å². The molecular formula is C33H30N2. The Kier molecular flexibility index (Phi) is 6.11. The van der Waals surface area contributed by atoms with Gasteiger partial charge in [0.15, 0.2) is 0 Å². The van der Waals surface area contributed by atoms with Crippen molar-refractivity contribution in [3.05, 3.63) is 108 Å². The van der Waals surface area contributed by atoms with E-state index in [4.69, 9.17) is 9.97 Å². The van der Waals surface area contributed by atoms with Gasteiger partial charge in [-0.15, -0.1) is 0 Å². The van der Waals surface area contributed by atoms with E-state index >= 15 is 0 Å².